The van der Waals surface area contributed by atoms with E-state index in [-0.39, 0.29) is 0 Å². The largest absolute Gasteiger partial charge is 0.354 e. The van der Waals surface area contributed by atoms with Gasteiger partial charge in [-0.2, -0.15) is 20.2 Å². The summed E-state index contributed by atoms with van der Waals surface area (Å²) in [6.07, 6.45) is 0.451. The Morgan fingerprint density at radius 2 is 1.86 bits per heavy atom. The minimum absolute atomic E-state index is 0.451. The van der Waals surface area contributed by atoms with E-state index in [1.165, 1.54) is 0 Å². The zero-order valence-corrected chi connectivity index (χ0v) is 13.6. The predicted octanol–water partition coefficient (Wildman–Crippen LogP) is 1.75. The van der Waals surface area contributed by atoms with Crippen LogP contribution in [-0.2, 0) is 0 Å². The Bertz CT molecular complexity index is 479. The van der Waals surface area contributed by atoms with Crippen molar-refractivity contribution in [3.63, 3.8) is 0 Å². The van der Waals surface area contributed by atoms with E-state index >= 15 is 0 Å². The standard InChI is InChI=1S/C14H25N7/c1-6-16-12-17-13(20(4)5)19-14(18-12)21(9-7-8-15)10-11(2)3/h11H,6-7,9-10H2,1-5H3,(H,16,17,18,19). The number of hydrogen-bond acceptors (Lipinski definition) is 7. The number of rotatable bonds is 8. The Morgan fingerprint density at radius 3 is 2.38 bits per heavy atom. The molecule has 0 radical (unpaired) electrons. The van der Waals surface area contributed by atoms with Crippen LogP contribution in [0.25, 0.3) is 0 Å². The molecule has 0 bridgehead atoms. The molecule has 116 valence electrons. The van der Waals surface area contributed by atoms with Crippen LogP contribution in [0.4, 0.5) is 17.8 Å². The highest BCUT2D eigenvalue weighted by Crippen LogP contribution is 2.16. The summed E-state index contributed by atoms with van der Waals surface area (Å²) in [5.74, 6) is 2.26. The Hall–Kier alpha value is -2.10. The minimum Gasteiger partial charge on any atom is -0.354 e. The molecule has 0 unspecified atom stereocenters. The molecule has 7 nitrogen and oxygen atoms in total. The van der Waals surface area contributed by atoms with Crippen molar-refractivity contribution in [1.29, 1.82) is 5.26 Å². The van der Waals surface area contributed by atoms with Crippen LogP contribution in [0.3, 0.4) is 0 Å². The van der Waals surface area contributed by atoms with Crippen LogP contribution in [0.2, 0.25) is 0 Å². The average molecular weight is 291 g/mol. The number of anilines is 3. The molecule has 0 aliphatic carbocycles. The van der Waals surface area contributed by atoms with Gasteiger partial charge in [0.2, 0.25) is 17.8 Å². The fourth-order valence-electron chi connectivity index (χ4n) is 1.83. The van der Waals surface area contributed by atoms with Crippen LogP contribution < -0.4 is 15.1 Å². The lowest BCUT2D eigenvalue weighted by Gasteiger charge is -2.25. The summed E-state index contributed by atoms with van der Waals surface area (Å²) >= 11 is 0. The predicted molar refractivity (Wildman–Crippen MR) is 85.6 cm³/mol. The topological polar surface area (TPSA) is 81.0 Å². The molecule has 21 heavy (non-hydrogen) atoms. The fraction of sp³-hybridized carbons (Fsp3) is 0.714. The Balaban J connectivity index is 3.11. The third-order valence-electron chi connectivity index (χ3n) is 2.71. The Kier molecular flexibility index (Phi) is 6.66. The van der Waals surface area contributed by atoms with Crippen LogP contribution in [0, 0.1) is 17.2 Å². The lowest BCUT2D eigenvalue weighted by atomic mass is 10.2. The number of aromatic nitrogens is 3. The molecule has 0 atom stereocenters. The number of nitrogens with zero attached hydrogens (tertiary/aromatic N) is 6. The molecule has 0 saturated heterocycles. The van der Waals surface area contributed by atoms with E-state index in [0.717, 1.165) is 13.1 Å². The molecule has 0 fully saturated rings. The number of nitriles is 1. The van der Waals surface area contributed by atoms with E-state index in [1.807, 2.05) is 30.8 Å². The Labute approximate surface area is 127 Å². The molecule has 1 heterocycles. The van der Waals surface area contributed by atoms with Crippen molar-refractivity contribution in [2.45, 2.75) is 27.2 Å². The van der Waals surface area contributed by atoms with E-state index in [1.54, 1.807) is 0 Å². The van der Waals surface area contributed by atoms with E-state index in [9.17, 15) is 0 Å². The van der Waals surface area contributed by atoms with Crippen molar-refractivity contribution in [3.05, 3.63) is 0 Å². The molecule has 0 amide bonds. The van der Waals surface area contributed by atoms with Gasteiger partial charge in [-0.25, -0.2) is 0 Å². The highest BCUT2D eigenvalue weighted by atomic mass is 15.3. The van der Waals surface area contributed by atoms with Crippen LogP contribution in [-0.4, -0.2) is 48.7 Å². The second-order valence-corrected chi connectivity index (χ2v) is 5.43. The summed E-state index contributed by atoms with van der Waals surface area (Å²) < 4.78 is 0. The number of nitrogens with one attached hydrogen (secondary N) is 1. The summed E-state index contributed by atoms with van der Waals surface area (Å²) in [5, 5.41) is 12.0. The fourth-order valence-corrected chi connectivity index (χ4v) is 1.83. The zero-order valence-electron chi connectivity index (χ0n) is 13.6. The molecule has 0 aromatic carbocycles. The van der Waals surface area contributed by atoms with Gasteiger partial charge < -0.3 is 15.1 Å². The molecular weight excluding hydrogens is 266 g/mol. The molecule has 1 rings (SSSR count). The first-order valence-corrected chi connectivity index (χ1v) is 7.27. The van der Waals surface area contributed by atoms with Crippen LogP contribution in [0.15, 0.2) is 0 Å². The van der Waals surface area contributed by atoms with E-state index in [0.29, 0.717) is 36.7 Å². The summed E-state index contributed by atoms with van der Waals surface area (Å²) in [4.78, 5) is 17.2. The first-order chi connectivity index (χ1) is 9.97. The molecule has 1 aromatic rings. The zero-order chi connectivity index (χ0) is 15.8. The van der Waals surface area contributed by atoms with Gasteiger partial charge in [-0.1, -0.05) is 13.8 Å². The number of hydrogen-bond donors (Lipinski definition) is 1. The van der Waals surface area contributed by atoms with Crippen molar-refractivity contribution in [2.75, 3.05) is 48.8 Å². The molecule has 1 N–H and O–H groups in total. The third kappa shape index (κ3) is 5.42. The lowest BCUT2D eigenvalue weighted by molar-refractivity contribution is 0.601. The SMILES string of the molecule is CCNc1nc(N(C)C)nc(N(CCC#N)CC(C)C)n1. The van der Waals surface area contributed by atoms with Crippen LogP contribution in [0.5, 0.6) is 0 Å². The van der Waals surface area contributed by atoms with Gasteiger partial charge in [0.25, 0.3) is 0 Å². The molecule has 0 spiro atoms. The summed E-state index contributed by atoms with van der Waals surface area (Å²) in [7, 11) is 3.80. The maximum atomic E-state index is 8.83. The van der Waals surface area contributed by atoms with Gasteiger partial charge in [0, 0.05) is 33.7 Å². The van der Waals surface area contributed by atoms with Crippen molar-refractivity contribution in [3.8, 4) is 6.07 Å². The van der Waals surface area contributed by atoms with Crippen molar-refractivity contribution in [1.82, 2.24) is 15.0 Å². The molecule has 7 heteroatoms. The van der Waals surface area contributed by atoms with Gasteiger partial charge in [0.05, 0.1) is 12.5 Å². The normalized spacial score (nSPS) is 10.3. The molecule has 0 saturated carbocycles. The van der Waals surface area contributed by atoms with E-state index in [4.69, 9.17) is 5.26 Å². The van der Waals surface area contributed by atoms with Crippen molar-refractivity contribution in [2.24, 2.45) is 5.92 Å². The van der Waals surface area contributed by atoms with E-state index < -0.39 is 0 Å². The summed E-state index contributed by atoms with van der Waals surface area (Å²) in [6, 6.07) is 2.18. The third-order valence-corrected chi connectivity index (χ3v) is 2.71. The van der Waals surface area contributed by atoms with Gasteiger partial charge in [0.1, 0.15) is 0 Å². The quantitative estimate of drug-likeness (QED) is 0.781. The smallest absolute Gasteiger partial charge is 0.232 e. The molecule has 1 aromatic heterocycles. The van der Waals surface area contributed by atoms with Gasteiger partial charge >= 0.3 is 0 Å². The van der Waals surface area contributed by atoms with Crippen LogP contribution in [0.1, 0.15) is 27.2 Å². The van der Waals surface area contributed by atoms with Gasteiger partial charge in [-0.3, -0.25) is 0 Å². The maximum Gasteiger partial charge on any atom is 0.232 e. The molecular formula is C14H25N7. The van der Waals surface area contributed by atoms with Crippen LogP contribution >= 0.6 is 0 Å². The maximum absolute atomic E-state index is 8.83. The van der Waals surface area contributed by atoms with Crippen molar-refractivity contribution >= 4 is 17.8 Å². The van der Waals surface area contributed by atoms with Gasteiger partial charge in [0.15, 0.2) is 0 Å². The second-order valence-electron chi connectivity index (χ2n) is 5.43. The first-order valence-electron chi connectivity index (χ1n) is 7.27. The summed E-state index contributed by atoms with van der Waals surface area (Å²) in [6.45, 7) is 8.46. The van der Waals surface area contributed by atoms with E-state index in [2.05, 4.69) is 40.2 Å². The summed E-state index contributed by atoms with van der Waals surface area (Å²) in [5.41, 5.74) is 0. The second kappa shape index (κ2) is 8.25. The first kappa shape index (κ1) is 17.0. The average Bonchev–Trinajstić information content (AvgIpc) is 2.43. The molecule has 0 aliphatic rings. The molecule has 0 aliphatic heterocycles. The van der Waals surface area contributed by atoms with Crippen molar-refractivity contribution < 1.29 is 0 Å². The van der Waals surface area contributed by atoms with Gasteiger partial charge in [-0.05, 0) is 12.8 Å². The lowest BCUT2D eigenvalue weighted by Crippen LogP contribution is -2.31. The highest BCUT2D eigenvalue weighted by molar-refractivity contribution is 5.44. The minimum atomic E-state index is 0.451. The van der Waals surface area contributed by atoms with Gasteiger partial charge in [-0.15, -0.1) is 0 Å². The monoisotopic (exact) mass is 291 g/mol. The Morgan fingerprint density at radius 1 is 1.19 bits per heavy atom. The highest BCUT2D eigenvalue weighted by Gasteiger charge is 2.15.